The fourth-order valence-corrected chi connectivity index (χ4v) is 2.48. The number of benzene rings is 1. The summed E-state index contributed by atoms with van der Waals surface area (Å²) in [7, 11) is 1.68. The zero-order valence-corrected chi connectivity index (χ0v) is 11.6. The van der Waals surface area contributed by atoms with Gasteiger partial charge >= 0.3 is 0 Å². The van der Waals surface area contributed by atoms with Gasteiger partial charge in [-0.15, -0.1) is 0 Å². The third kappa shape index (κ3) is 3.69. The average Bonchev–Trinajstić information content (AvgIpc) is 2.43. The Morgan fingerprint density at radius 2 is 2.11 bits per heavy atom. The summed E-state index contributed by atoms with van der Waals surface area (Å²) in [6.45, 7) is 2.71. The third-order valence-corrected chi connectivity index (χ3v) is 3.57. The van der Waals surface area contributed by atoms with Gasteiger partial charge in [-0.2, -0.15) is 0 Å². The molecular weight excluding hydrogens is 242 g/mol. The molecule has 0 spiro atoms. The molecule has 1 aromatic carbocycles. The smallest absolute Gasteiger partial charge is 0.124 e. The summed E-state index contributed by atoms with van der Waals surface area (Å²) >= 11 is 0. The van der Waals surface area contributed by atoms with Crippen molar-refractivity contribution in [3.63, 3.8) is 0 Å². The lowest BCUT2D eigenvalue weighted by molar-refractivity contribution is 0.0649. The number of nitrogens with two attached hydrogens (primary N) is 1. The normalized spacial score (nSPS) is 21.8. The molecule has 0 bridgehead atoms. The molecule has 1 aliphatic heterocycles. The lowest BCUT2D eigenvalue weighted by Gasteiger charge is -2.35. The van der Waals surface area contributed by atoms with Gasteiger partial charge in [0.15, 0.2) is 0 Å². The fourth-order valence-electron chi connectivity index (χ4n) is 2.48. The van der Waals surface area contributed by atoms with E-state index in [9.17, 15) is 0 Å². The predicted octanol–water partition coefficient (Wildman–Crippen LogP) is 2.07. The summed E-state index contributed by atoms with van der Waals surface area (Å²) in [4.78, 5) is 0. The summed E-state index contributed by atoms with van der Waals surface area (Å²) in [5.74, 6) is 0.927. The number of ether oxygens (including phenoxy) is 3. The van der Waals surface area contributed by atoms with E-state index >= 15 is 0 Å². The molecule has 19 heavy (non-hydrogen) atoms. The first-order valence-electron chi connectivity index (χ1n) is 6.84. The second-order valence-electron chi connectivity index (χ2n) is 4.96. The van der Waals surface area contributed by atoms with Crippen LogP contribution in [0.3, 0.4) is 0 Å². The number of hydrogen-bond donors (Lipinski definition) is 1. The van der Waals surface area contributed by atoms with Crippen LogP contribution < -0.4 is 10.5 Å². The summed E-state index contributed by atoms with van der Waals surface area (Å²) in [5, 5.41) is 0. The van der Waals surface area contributed by atoms with Crippen molar-refractivity contribution in [3.8, 4) is 5.75 Å². The fraction of sp³-hybridized carbons (Fsp3) is 0.600. The van der Waals surface area contributed by atoms with Crippen LogP contribution in [0.2, 0.25) is 0 Å². The maximum absolute atomic E-state index is 6.55. The molecule has 0 fully saturated rings. The van der Waals surface area contributed by atoms with Crippen LogP contribution in [0.25, 0.3) is 0 Å². The van der Waals surface area contributed by atoms with E-state index in [1.807, 2.05) is 18.2 Å². The largest absolute Gasteiger partial charge is 0.493 e. The minimum atomic E-state index is -0.278. The first-order chi connectivity index (χ1) is 9.26. The van der Waals surface area contributed by atoms with E-state index in [0.717, 1.165) is 37.2 Å². The van der Waals surface area contributed by atoms with Crippen LogP contribution in [-0.4, -0.2) is 33.5 Å². The van der Waals surface area contributed by atoms with E-state index in [-0.39, 0.29) is 5.54 Å². The topological polar surface area (TPSA) is 53.7 Å². The third-order valence-electron chi connectivity index (χ3n) is 3.57. The molecule has 0 amide bonds. The van der Waals surface area contributed by atoms with Gasteiger partial charge in [-0.05, 0) is 18.9 Å². The monoisotopic (exact) mass is 265 g/mol. The Morgan fingerprint density at radius 1 is 1.26 bits per heavy atom. The maximum atomic E-state index is 6.55. The van der Waals surface area contributed by atoms with Gasteiger partial charge in [0.2, 0.25) is 0 Å². The van der Waals surface area contributed by atoms with Gasteiger partial charge < -0.3 is 19.9 Å². The quantitative estimate of drug-likeness (QED) is 0.767. The Kier molecular flexibility index (Phi) is 5.19. The summed E-state index contributed by atoms with van der Waals surface area (Å²) in [5.41, 5.74) is 7.40. The number of fused-ring (bicyclic) bond motifs is 1. The number of methoxy groups -OCH3 is 1. The van der Waals surface area contributed by atoms with Gasteiger partial charge in [0.1, 0.15) is 5.75 Å². The lowest BCUT2D eigenvalue weighted by atomic mass is 9.82. The molecule has 106 valence electrons. The Morgan fingerprint density at radius 3 is 2.95 bits per heavy atom. The minimum absolute atomic E-state index is 0.278. The molecule has 4 nitrogen and oxygen atoms in total. The van der Waals surface area contributed by atoms with Crippen molar-refractivity contribution in [1.29, 1.82) is 0 Å². The molecule has 4 heteroatoms. The van der Waals surface area contributed by atoms with Crippen molar-refractivity contribution in [2.24, 2.45) is 5.73 Å². The standard InChI is InChI=1S/C15H23NO3/c1-17-11-12-18-9-4-7-15(16)8-10-19-14-6-3-2-5-13(14)15/h2-3,5-6H,4,7-12,16H2,1H3. The molecule has 2 rings (SSSR count). The van der Waals surface area contributed by atoms with Crippen LogP contribution in [-0.2, 0) is 15.0 Å². The van der Waals surface area contributed by atoms with Gasteiger partial charge in [0.05, 0.1) is 19.8 Å². The van der Waals surface area contributed by atoms with Crippen LogP contribution >= 0.6 is 0 Å². The summed E-state index contributed by atoms with van der Waals surface area (Å²) in [6.07, 6.45) is 2.73. The van der Waals surface area contributed by atoms with Crippen molar-refractivity contribution >= 4 is 0 Å². The number of para-hydroxylation sites is 1. The van der Waals surface area contributed by atoms with Gasteiger partial charge in [0.25, 0.3) is 0 Å². The summed E-state index contributed by atoms with van der Waals surface area (Å²) < 4.78 is 16.1. The second kappa shape index (κ2) is 6.89. The van der Waals surface area contributed by atoms with Crippen LogP contribution in [0.1, 0.15) is 24.8 Å². The Bertz CT molecular complexity index is 397. The summed E-state index contributed by atoms with van der Waals surface area (Å²) in [6, 6.07) is 8.06. The van der Waals surface area contributed by atoms with E-state index in [0.29, 0.717) is 19.8 Å². The van der Waals surface area contributed by atoms with Crippen molar-refractivity contribution < 1.29 is 14.2 Å². The van der Waals surface area contributed by atoms with Crippen molar-refractivity contribution in [2.45, 2.75) is 24.8 Å². The highest BCUT2D eigenvalue weighted by molar-refractivity contribution is 5.40. The minimum Gasteiger partial charge on any atom is -0.493 e. The van der Waals surface area contributed by atoms with Crippen molar-refractivity contribution in [2.75, 3.05) is 33.5 Å². The molecule has 2 N–H and O–H groups in total. The van der Waals surface area contributed by atoms with Crippen LogP contribution in [0.15, 0.2) is 24.3 Å². The Labute approximate surface area is 114 Å². The molecule has 0 saturated carbocycles. The zero-order valence-electron chi connectivity index (χ0n) is 11.6. The van der Waals surface area contributed by atoms with Crippen molar-refractivity contribution in [1.82, 2.24) is 0 Å². The first kappa shape index (κ1) is 14.3. The van der Waals surface area contributed by atoms with E-state index in [1.54, 1.807) is 7.11 Å². The van der Waals surface area contributed by atoms with Gasteiger partial charge in [-0.3, -0.25) is 0 Å². The highest BCUT2D eigenvalue weighted by Gasteiger charge is 2.32. The van der Waals surface area contributed by atoms with Crippen molar-refractivity contribution in [3.05, 3.63) is 29.8 Å². The van der Waals surface area contributed by atoms with Crippen LogP contribution in [0.4, 0.5) is 0 Å². The molecule has 1 heterocycles. The van der Waals surface area contributed by atoms with E-state index < -0.39 is 0 Å². The molecule has 0 aromatic heterocycles. The molecule has 0 aliphatic carbocycles. The molecule has 1 aromatic rings. The predicted molar refractivity (Wildman–Crippen MR) is 74.3 cm³/mol. The lowest BCUT2D eigenvalue weighted by Crippen LogP contribution is -2.41. The van der Waals surface area contributed by atoms with E-state index in [1.165, 1.54) is 0 Å². The van der Waals surface area contributed by atoms with Crippen LogP contribution in [0.5, 0.6) is 5.75 Å². The molecule has 0 saturated heterocycles. The number of hydrogen-bond acceptors (Lipinski definition) is 4. The molecule has 1 unspecified atom stereocenters. The first-order valence-corrected chi connectivity index (χ1v) is 6.84. The van der Waals surface area contributed by atoms with Gasteiger partial charge in [-0.1, -0.05) is 18.2 Å². The van der Waals surface area contributed by atoms with E-state index in [2.05, 4.69) is 6.07 Å². The molecular formula is C15H23NO3. The second-order valence-corrected chi connectivity index (χ2v) is 4.96. The Balaban J connectivity index is 1.86. The van der Waals surface area contributed by atoms with Gasteiger partial charge in [0, 0.05) is 31.2 Å². The highest BCUT2D eigenvalue weighted by Crippen LogP contribution is 2.37. The maximum Gasteiger partial charge on any atom is 0.124 e. The Hall–Kier alpha value is -1.10. The molecule has 1 atom stereocenters. The van der Waals surface area contributed by atoms with Gasteiger partial charge in [-0.25, -0.2) is 0 Å². The average molecular weight is 265 g/mol. The van der Waals surface area contributed by atoms with Crippen LogP contribution in [0, 0.1) is 0 Å². The molecule has 1 aliphatic rings. The molecule has 0 radical (unpaired) electrons. The zero-order chi connectivity index (χ0) is 13.6. The highest BCUT2D eigenvalue weighted by atomic mass is 16.5. The number of rotatable bonds is 7. The van der Waals surface area contributed by atoms with E-state index in [4.69, 9.17) is 19.9 Å². The SMILES string of the molecule is COCCOCCCC1(N)CCOc2ccccc21.